The zero-order valence-electron chi connectivity index (χ0n) is 10.6. The van der Waals surface area contributed by atoms with Gasteiger partial charge < -0.3 is 17.5 Å². The molecule has 19 heavy (non-hydrogen) atoms. The van der Waals surface area contributed by atoms with Crippen LogP contribution in [0.25, 0.3) is 11.4 Å². The van der Waals surface area contributed by atoms with Crippen molar-refractivity contribution in [1.29, 1.82) is 0 Å². The van der Waals surface area contributed by atoms with Crippen molar-refractivity contribution in [3.05, 3.63) is 54.8 Å². The van der Waals surface area contributed by atoms with Crippen LogP contribution < -0.4 is 51.4 Å². The second-order valence-electron chi connectivity index (χ2n) is 3.98. The molecule has 7 heteroatoms. The van der Waals surface area contributed by atoms with Gasteiger partial charge in [-0.1, -0.05) is 30.3 Å². The van der Waals surface area contributed by atoms with Gasteiger partial charge in [-0.05, 0) is 0 Å². The summed E-state index contributed by atoms with van der Waals surface area (Å²) in [6.45, 7) is -2.20. The SMILES string of the molecule is C=C(Cn1ccnc1-c1ccccc1)[B-](F)(F)F.[K+]. The first-order valence-corrected chi connectivity index (χ1v) is 5.42. The number of aromatic nitrogens is 2. The van der Waals surface area contributed by atoms with Crippen LogP contribution in [-0.2, 0) is 6.54 Å². The topological polar surface area (TPSA) is 17.8 Å². The van der Waals surface area contributed by atoms with E-state index in [4.69, 9.17) is 0 Å². The van der Waals surface area contributed by atoms with Gasteiger partial charge in [0.15, 0.2) is 0 Å². The second-order valence-corrected chi connectivity index (χ2v) is 3.98. The molecule has 1 aromatic heterocycles. The molecule has 1 heterocycles. The molecule has 0 radical (unpaired) electrons. The predicted molar refractivity (Wildman–Crippen MR) is 65.9 cm³/mol. The molecule has 2 aromatic rings. The van der Waals surface area contributed by atoms with Crippen LogP contribution in [-0.4, -0.2) is 16.5 Å². The number of allylic oxidation sites excluding steroid dienone is 1. The van der Waals surface area contributed by atoms with Crippen LogP contribution in [0.15, 0.2) is 54.8 Å². The van der Waals surface area contributed by atoms with Crippen molar-refractivity contribution in [3.8, 4) is 11.4 Å². The fourth-order valence-corrected chi connectivity index (χ4v) is 1.61. The molecule has 1 aromatic carbocycles. The van der Waals surface area contributed by atoms with Gasteiger partial charge in [0.1, 0.15) is 5.82 Å². The summed E-state index contributed by atoms with van der Waals surface area (Å²) < 4.78 is 39.0. The number of imidazole rings is 1. The van der Waals surface area contributed by atoms with Crippen molar-refractivity contribution >= 4 is 6.98 Å². The summed E-state index contributed by atoms with van der Waals surface area (Å²) >= 11 is 0. The molecule has 0 saturated carbocycles. The Morgan fingerprint density at radius 2 is 1.84 bits per heavy atom. The van der Waals surface area contributed by atoms with Gasteiger partial charge in [-0.15, -0.1) is 12.1 Å². The van der Waals surface area contributed by atoms with Gasteiger partial charge in [0.05, 0.1) is 0 Å². The number of halogens is 3. The molecule has 0 N–H and O–H groups in total. The van der Waals surface area contributed by atoms with E-state index >= 15 is 0 Å². The summed E-state index contributed by atoms with van der Waals surface area (Å²) in [5, 5.41) is 0. The molecule has 0 aliphatic heterocycles. The van der Waals surface area contributed by atoms with Crippen molar-refractivity contribution in [2.45, 2.75) is 6.54 Å². The molecular weight excluding hydrogens is 279 g/mol. The van der Waals surface area contributed by atoms with E-state index in [0.717, 1.165) is 5.56 Å². The Kier molecular flexibility index (Phi) is 6.07. The maximum atomic E-state index is 12.5. The van der Waals surface area contributed by atoms with E-state index in [0.29, 0.717) is 5.82 Å². The number of rotatable bonds is 4. The van der Waals surface area contributed by atoms with Crippen LogP contribution in [0.4, 0.5) is 12.9 Å². The Bertz CT molecular complexity index is 552. The normalized spacial score (nSPS) is 10.9. The van der Waals surface area contributed by atoms with Crippen molar-refractivity contribution in [1.82, 2.24) is 9.55 Å². The van der Waals surface area contributed by atoms with Gasteiger partial charge in [0, 0.05) is 24.5 Å². The summed E-state index contributed by atoms with van der Waals surface area (Å²) in [6, 6.07) is 9.09. The first-order chi connectivity index (χ1) is 8.48. The smallest absolute Gasteiger partial charge is 0.445 e. The Morgan fingerprint density at radius 1 is 1.21 bits per heavy atom. The number of benzene rings is 1. The van der Waals surface area contributed by atoms with Gasteiger partial charge in [0.2, 0.25) is 0 Å². The summed E-state index contributed by atoms with van der Waals surface area (Å²) in [6.07, 6.45) is 3.01. The molecule has 0 aliphatic carbocycles. The molecule has 0 saturated heterocycles. The molecule has 0 aliphatic rings. The Balaban J connectivity index is 0.00000180. The molecule has 0 atom stereocenters. The van der Waals surface area contributed by atoms with Crippen molar-refractivity contribution in [3.63, 3.8) is 0 Å². The third kappa shape index (κ3) is 4.32. The van der Waals surface area contributed by atoms with Crippen LogP contribution in [0, 0.1) is 0 Å². The molecular formula is C12H11BF3KN2. The van der Waals surface area contributed by atoms with E-state index in [1.54, 1.807) is 12.1 Å². The van der Waals surface area contributed by atoms with Crippen LogP contribution in [0.3, 0.4) is 0 Å². The van der Waals surface area contributed by atoms with Gasteiger partial charge in [0.25, 0.3) is 0 Å². The van der Waals surface area contributed by atoms with Crippen molar-refractivity contribution in [2.24, 2.45) is 0 Å². The van der Waals surface area contributed by atoms with Crippen LogP contribution >= 0.6 is 0 Å². The molecule has 2 rings (SSSR count). The summed E-state index contributed by atoms with van der Waals surface area (Å²) in [4.78, 5) is 4.08. The quantitative estimate of drug-likeness (QED) is 0.750. The molecule has 0 spiro atoms. The minimum absolute atomic E-state index is 0. The first kappa shape index (κ1) is 16.7. The van der Waals surface area contributed by atoms with Gasteiger partial charge in [-0.3, -0.25) is 0 Å². The van der Waals surface area contributed by atoms with Crippen LogP contribution in [0.1, 0.15) is 0 Å². The van der Waals surface area contributed by atoms with Gasteiger partial charge >= 0.3 is 58.4 Å². The number of hydrogen-bond acceptors (Lipinski definition) is 1. The molecule has 0 fully saturated rings. The average molecular weight is 290 g/mol. The molecule has 0 bridgehead atoms. The maximum Gasteiger partial charge on any atom is 1.00 e. The fraction of sp³-hybridized carbons (Fsp3) is 0.0833. The van der Waals surface area contributed by atoms with E-state index in [9.17, 15) is 12.9 Å². The predicted octanol–water partition coefficient (Wildman–Crippen LogP) is 0.497. The van der Waals surface area contributed by atoms with E-state index < -0.39 is 12.4 Å². The molecule has 2 nitrogen and oxygen atoms in total. The third-order valence-electron chi connectivity index (χ3n) is 2.58. The number of nitrogens with zero attached hydrogens (tertiary/aromatic N) is 2. The van der Waals surface area contributed by atoms with Crippen LogP contribution in [0.2, 0.25) is 0 Å². The van der Waals surface area contributed by atoms with Crippen LogP contribution in [0.5, 0.6) is 0 Å². The average Bonchev–Trinajstić information content (AvgIpc) is 2.77. The first-order valence-electron chi connectivity index (χ1n) is 5.42. The maximum absolute atomic E-state index is 12.5. The van der Waals surface area contributed by atoms with Crippen molar-refractivity contribution < 1.29 is 64.3 Å². The van der Waals surface area contributed by atoms with Gasteiger partial charge in [-0.2, -0.15) is 0 Å². The summed E-state index contributed by atoms with van der Waals surface area (Å²) in [5.74, 6) is 0.511. The second kappa shape index (κ2) is 6.90. The molecule has 94 valence electrons. The standard InChI is InChI=1S/C12H11BF3N2.K/c1-10(13(14,15)16)9-18-8-7-17-12(18)11-5-3-2-4-6-11;/h2-8H,1,9H2;/q-1;+1. The Hall–Kier alpha value is -0.339. The van der Waals surface area contributed by atoms with E-state index in [-0.39, 0.29) is 57.9 Å². The monoisotopic (exact) mass is 290 g/mol. The molecule has 0 amide bonds. The zero-order valence-corrected chi connectivity index (χ0v) is 13.7. The van der Waals surface area contributed by atoms with E-state index in [2.05, 4.69) is 11.6 Å². The Morgan fingerprint density at radius 3 is 2.42 bits per heavy atom. The van der Waals surface area contributed by atoms with Crippen molar-refractivity contribution in [2.75, 3.05) is 0 Å². The fourth-order valence-electron chi connectivity index (χ4n) is 1.61. The van der Waals surface area contributed by atoms with Gasteiger partial charge in [-0.25, -0.2) is 4.98 Å². The zero-order chi connectivity index (χ0) is 13.2. The summed E-state index contributed by atoms with van der Waals surface area (Å²) in [7, 11) is 0. The molecule has 0 unspecified atom stereocenters. The summed E-state index contributed by atoms with van der Waals surface area (Å²) in [5.41, 5.74) is 0.0511. The largest absolute Gasteiger partial charge is 1.00 e. The third-order valence-corrected chi connectivity index (χ3v) is 2.58. The Labute approximate surface area is 152 Å². The number of hydrogen-bond donors (Lipinski definition) is 0. The minimum Gasteiger partial charge on any atom is -0.445 e. The van der Waals surface area contributed by atoms with E-state index in [1.807, 2.05) is 18.2 Å². The van der Waals surface area contributed by atoms with E-state index in [1.165, 1.54) is 17.0 Å². The minimum atomic E-state index is -5.01.